The molecule has 5 heteroatoms. The molecule has 0 atom stereocenters. The molecule has 0 aliphatic rings. The van der Waals surface area contributed by atoms with Gasteiger partial charge >= 0.3 is 0 Å². The Kier molecular flexibility index (Phi) is 5.38. The third kappa shape index (κ3) is 4.35. The van der Waals surface area contributed by atoms with Crippen LogP contribution in [0.4, 0.5) is 0 Å². The molecule has 0 spiro atoms. The fourth-order valence-corrected chi connectivity index (χ4v) is 3.30. The van der Waals surface area contributed by atoms with E-state index in [4.69, 9.17) is 0 Å². The molecule has 3 aromatic carbocycles. The number of hydrogen-bond donors (Lipinski definition) is 3. The predicted octanol–water partition coefficient (Wildman–Crippen LogP) is 4.64. The number of amides is 1. The predicted molar refractivity (Wildman–Crippen MR) is 115 cm³/mol. The monoisotopic (exact) mass is 383 g/mol. The van der Waals surface area contributed by atoms with Gasteiger partial charge in [-0.2, -0.15) is 5.10 Å². The number of hydrazone groups is 1. The number of fused-ring (bicyclic) bond motifs is 1. The number of nitrogens with zero attached hydrogens (tertiary/aromatic N) is 1. The lowest BCUT2D eigenvalue weighted by molar-refractivity contribution is 0.0954. The number of phenols is 1. The van der Waals surface area contributed by atoms with E-state index < -0.39 is 0 Å². The number of aromatic hydroxyl groups is 1. The fourth-order valence-electron chi connectivity index (χ4n) is 3.30. The van der Waals surface area contributed by atoms with Crippen molar-refractivity contribution >= 4 is 22.5 Å². The number of carbonyl (C=O) groups is 1. The van der Waals surface area contributed by atoms with Crippen molar-refractivity contribution in [2.24, 2.45) is 5.10 Å². The van der Waals surface area contributed by atoms with E-state index in [0.29, 0.717) is 12.0 Å². The Bertz CT molecular complexity index is 1160. The van der Waals surface area contributed by atoms with Crippen LogP contribution in [-0.2, 0) is 6.42 Å². The number of nitrogens with one attached hydrogen (secondary N) is 2. The van der Waals surface area contributed by atoms with E-state index in [1.54, 1.807) is 12.1 Å². The maximum atomic E-state index is 12.5. The summed E-state index contributed by atoms with van der Waals surface area (Å²) in [6, 6.07) is 24.4. The van der Waals surface area contributed by atoms with Gasteiger partial charge in [0, 0.05) is 28.2 Å². The first-order valence-electron chi connectivity index (χ1n) is 9.47. The molecule has 0 saturated heterocycles. The van der Waals surface area contributed by atoms with E-state index in [9.17, 15) is 9.90 Å². The third-order valence-electron chi connectivity index (χ3n) is 4.79. The van der Waals surface area contributed by atoms with Crippen LogP contribution in [0.3, 0.4) is 0 Å². The minimum Gasteiger partial charge on any atom is -0.508 e. The van der Waals surface area contributed by atoms with Gasteiger partial charge in [0.15, 0.2) is 0 Å². The van der Waals surface area contributed by atoms with Crippen LogP contribution in [-0.4, -0.2) is 21.7 Å². The Morgan fingerprint density at radius 3 is 2.59 bits per heavy atom. The van der Waals surface area contributed by atoms with Crippen molar-refractivity contribution in [3.63, 3.8) is 0 Å². The normalized spacial score (nSPS) is 11.5. The third-order valence-corrected chi connectivity index (χ3v) is 4.79. The number of rotatable bonds is 6. The molecular weight excluding hydrogens is 362 g/mol. The van der Waals surface area contributed by atoms with Gasteiger partial charge in [0.1, 0.15) is 5.75 Å². The zero-order valence-electron chi connectivity index (χ0n) is 15.8. The molecule has 1 aromatic heterocycles. The first-order chi connectivity index (χ1) is 14.2. The number of phenolic OH excluding ortho intramolecular Hbond substituents is 1. The van der Waals surface area contributed by atoms with E-state index in [2.05, 4.69) is 27.6 Å². The van der Waals surface area contributed by atoms with Crippen LogP contribution in [0.1, 0.15) is 27.9 Å². The molecule has 29 heavy (non-hydrogen) atoms. The SMILES string of the molecule is O=C(N/N=C(\CCc1ccccc1)c1c[nH]c2ccccc12)c1cccc(O)c1. The summed E-state index contributed by atoms with van der Waals surface area (Å²) in [7, 11) is 0. The van der Waals surface area contributed by atoms with Crippen LogP contribution in [0.15, 0.2) is 90.2 Å². The molecule has 0 unspecified atom stereocenters. The number of para-hydroxylation sites is 1. The number of aromatic nitrogens is 1. The van der Waals surface area contributed by atoms with Gasteiger partial charge in [0.2, 0.25) is 0 Å². The van der Waals surface area contributed by atoms with E-state index in [0.717, 1.165) is 28.6 Å². The van der Waals surface area contributed by atoms with E-state index in [-0.39, 0.29) is 11.7 Å². The van der Waals surface area contributed by atoms with Crippen molar-refractivity contribution in [2.45, 2.75) is 12.8 Å². The van der Waals surface area contributed by atoms with Gasteiger partial charge in [0.05, 0.1) is 5.71 Å². The highest BCUT2D eigenvalue weighted by atomic mass is 16.3. The zero-order chi connectivity index (χ0) is 20.1. The smallest absolute Gasteiger partial charge is 0.271 e. The number of hydrogen-bond acceptors (Lipinski definition) is 3. The summed E-state index contributed by atoms with van der Waals surface area (Å²) < 4.78 is 0. The van der Waals surface area contributed by atoms with Gasteiger partial charge in [-0.25, -0.2) is 5.43 Å². The molecule has 0 radical (unpaired) electrons. The molecule has 0 aliphatic carbocycles. The van der Waals surface area contributed by atoms with Crippen molar-refractivity contribution < 1.29 is 9.90 Å². The minimum absolute atomic E-state index is 0.0440. The van der Waals surface area contributed by atoms with Crippen LogP contribution in [0.5, 0.6) is 5.75 Å². The van der Waals surface area contributed by atoms with Crippen molar-refractivity contribution in [2.75, 3.05) is 0 Å². The van der Waals surface area contributed by atoms with E-state index in [1.807, 2.05) is 48.7 Å². The van der Waals surface area contributed by atoms with E-state index >= 15 is 0 Å². The molecule has 4 rings (SSSR count). The summed E-state index contributed by atoms with van der Waals surface area (Å²) in [6.07, 6.45) is 3.41. The summed E-state index contributed by atoms with van der Waals surface area (Å²) in [5.74, 6) is -0.319. The highest BCUT2D eigenvalue weighted by Crippen LogP contribution is 2.20. The number of carbonyl (C=O) groups excluding carboxylic acids is 1. The zero-order valence-corrected chi connectivity index (χ0v) is 15.8. The van der Waals surface area contributed by atoms with E-state index in [1.165, 1.54) is 17.7 Å². The Morgan fingerprint density at radius 1 is 0.966 bits per heavy atom. The highest BCUT2D eigenvalue weighted by molar-refractivity contribution is 6.11. The second-order valence-electron chi connectivity index (χ2n) is 6.78. The molecule has 4 aromatic rings. The number of benzene rings is 3. The van der Waals surface area contributed by atoms with Gasteiger partial charge < -0.3 is 10.1 Å². The summed E-state index contributed by atoms with van der Waals surface area (Å²) in [6.45, 7) is 0. The van der Waals surface area contributed by atoms with Crippen LogP contribution in [0.25, 0.3) is 10.9 Å². The lowest BCUT2D eigenvalue weighted by atomic mass is 10.0. The highest BCUT2D eigenvalue weighted by Gasteiger charge is 2.12. The number of aryl methyl sites for hydroxylation is 1. The molecule has 0 fully saturated rings. The van der Waals surface area contributed by atoms with Crippen molar-refractivity contribution in [3.05, 3.63) is 102 Å². The molecule has 3 N–H and O–H groups in total. The molecule has 1 amide bonds. The molecule has 5 nitrogen and oxygen atoms in total. The second kappa shape index (κ2) is 8.44. The molecule has 0 bridgehead atoms. The molecule has 144 valence electrons. The maximum Gasteiger partial charge on any atom is 0.271 e. The summed E-state index contributed by atoms with van der Waals surface area (Å²) >= 11 is 0. The summed E-state index contributed by atoms with van der Waals surface area (Å²) in [5.41, 5.74) is 6.98. The Labute approximate surface area is 168 Å². The van der Waals surface area contributed by atoms with Gasteiger partial charge in [0.25, 0.3) is 5.91 Å². The summed E-state index contributed by atoms with van der Waals surface area (Å²) in [4.78, 5) is 15.7. The Balaban J connectivity index is 1.62. The van der Waals surface area contributed by atoms with Crippen LogP contribution < -0.4 is 5.43 Å². The molecular formula is C24H21N3O2. The lowest BCUT2D eigenvalue weighted by Crippen LogP contribution is -2.20. The number of aromatic amines is 1. The molecule has 0 aliphatic heterocycles. The van der Waals surface area contributed by atoms with Crippen LogP contribution >= 0.6 is 0 Å². The maximum absolute atomic E-state index is 12.5. The largest absolute Gasteiger partial charge is 0.508 e. The molecule has 0 saturated carbocycles. The Hall–Kier alpha value is -3.86. The van der Waals surface area contributed by atoms with Gasteiger partial charge in [-0.05, 0) is 42.7 Å². The van der Waals surface area contributed by atoms with Gasteiger partial charge in [-0.15, -0.1) is 0 Å². The Morgan fingerprint density at radius 2 is 1.76 bits per heavy atom. The van der Waals surface area contributed by atoms with Gasteiger partial charge in [-0.1, -0.05) is 54.6 Å². The van der Waals surface area contributed by atoms with Crippen LogP contribution in [0, 0.1) is 0 Å². The average Bonchev–Trinajstić information content (AvgIpc) is 3.18. The van der Waals surface area contributed by atoms with Crippen molar-refractivity contribution in [3.8, 4) is 5.75 Å². The summed E-state index contributed by atoms with van der Waals surface area (Å²) in [5, 5.41) is 15.1. The van der Waals surface area contributed by atoms with Gasteiger partial charge in [-0.3, -0.25) is 4.79 Å². The first kappa shape index (κ1) is 18.5. The first-order valence-corrected chi connectivity index (χ1v) is 9.47. The van der Waals surface area contributed by atoms with Crippen molar-refractivity contribution in [1.82, 2.24) is 10.4 Å². The quantitative estimate of drug-likeness (QED) is 0.335. The minimum atomic E-state index is -0.363. The fraction of sp³-hybridized carbons (Fsp3) is 0.0833. The topological polar surface area (TPSA) is 77.5 Å². The molecule has 1 heterocycles. The van der Waals surface area contributed by atoms with Crippen LogP contribution in [0.2, 0.25) is 0 Å². The van der Waals surface area contributed by atoms with Crippen molar-refractivity contribution in [1.29, 1.82) is 0 Å². The standard InChI is InChI=1S/C24H21N3O2/c28-19-10-6-9-18(15-19)24(29)27-26-23(14-13-17-7-2-1-3-8-17)21-16-25-22-12-5-4-11-20(21)22/h1-12,15-16,25,28H,13-14H2,(H,27,29)/b26-23+. The second-order valence-corrected chi connectivity index (χ2v) is 6.78. The lowest BCUT2D eigenvalue weighted by Gasteiger charge is -2.08. The number of H-pyrrole nitrogens is 1. The average molecular weight is 383 g/mol.